The van der Waals surface area contributed by atoms with Gasteiger partial charge in [-0.25, -0.2) is 0 Å². The molecular formula is C14H19N3O3. The van der Waals surface area contributed by atoms with Crippen molar-refractivity contribution < 1.29 is 14.3 Å². The van der Waals surface area contributed by atoms with Gasteiger partial charge < -0.3 is 20.3 Å². The Morgan fingerprint density at radius 3 is 2.45 bits per heavy atom. The van der Waals surface area contributed by atoms with Crippen LogP contribution in [0.1, 0.15) is 10.4 Å². The second-order valence-corrected chi connectivity index (χ2v) is 4.50. The average Bonchev–Trinajstić information content (AvgIpc) is 2.53. The summed E-state index contributed by atoms with van der Waals surface area (Å²) in [4.78, 5) is 25.1. The van der Waals surface area contributed by atoms with Gasteiger partial charge in [-0.15, -0.1) is 0 Å². The van der Waals surface area contributed by atoms with E-state index in [9.17, 15) is 9.59 Å². The molecular weight excluding hydrogens is 258 g/mol. The predicted octanol–water partition coefficient (Wildman–Crippen LogP) is 0.317. The third-order valence-corrected chi connectivity index (χ3v) is 3.18. The number of nitrogens with zero attached hydrogens (tertiary/aromatic N) is 1. The molecule has 0 bridgehead atoms. The molecule has 6 heteroatoms. The van der Waals surface area contributed by atoms with Gasteiger partial charge in [-0.2, -0.15) is 0 Å². The maximum absolute atomic E-state index is 11.9. The molecule has 1 aliphatic rings. The predicted molar refractivity (Wildman–Crippen MR) is 75.7 cm³/mol. The number of anilines is 1. The zero-order valence-corrected chi connectivity index (χ0v) is 11.5. The summed E-state index contributed by atoms with van der Waals surface area (Å²) in [6, 6.07) is 7.02. The van der Waals surface area contributed by atoms with Crippen LogP contribution in [0.3, 0.4) is 0 Å². The van der Waals surface area contributed by atoms with Gasteiger partial charge in [0.1, 0.15) is 0 Å². The quantitative estimate of drug-likeness (QED) is 0.831. The molecule has 1 heterocycles. The van der Waals surface area contributed by atoms with Crippen LogP contribution in [-0.4, -0.2) is 56.6 Å². The summed E-state index contributed by atoms with van der Waals surface area (Å²) in [5.41, 5.74) is 1.41. The van der Waals surface area contributed by atoms with Crippen molar-refractivity contribution in [3.63, 3.8) is 0 Å². The lowest BCUT2D eigenvalue weighted by Gasteiger charge is -2.27. The summed E-state index contributed by atoms with van der Waals surface area (Å²) in [6.07, 6.45) is 0. The highest BCUT2D eigenvalue weighted by molar-refractivity contribution is 5.94. The first-order valence-electron chi connectivity index (χ1n) is 6.62. The first kappa shape index (κ1) is 14.3. The zero-order valence-electron chi connectivity index (χ0n) is 11.5. The summed E-state index contributed by atoms with van der Waals surface area (Å²) in [7, 11) is 1.59. The van der Waals surface area contributed by atoms with Gasteiger partial charge in [-0.3, -0.25) is 9.59 Å². The van der Waals surface area contributed by atoms with Crippen molar-refractivity contribution in [1.82, 2.24) is 10.2 Å². The Hall–Kier alpha value is -2.08. The van der Waals surface area contributed by atoms with Gasteiger partial charge in [-0.05, 0) is 24.3 Å². The largest absolute Gasteiger partial charge is 0.378 e. The second kappa shape index (κ2) is 6.91. The van der Waals surface area contributed by atoms with Crippen molar-refractivity contribution in [2.75, 3.05) is 45.2 Å². The molecule has 1 aromatic carbocycles. The molecule has 0 atom stereocenters. The molecule has 20 heavy (non-hydrogen) atoms. The molecule has 0 radical (unpaired) electrons. The van der Waals surface area contributed by atoms with Crippen LogP contribution < -0.4 is 10.6 Å². The topological polar surface area (TPSA) is 70.7 Å². The summed E-state index contributed by atoms with van der Waals surface area (Å²) in [5.74, 6) is -0.0652. The van der Waals surface area contributed by atoms with Gasteiger partial charge in [0.15, 0.2) is 0 Å². The van der Waals surface area contributed by atoms with Gasteiger partial charge in [-0.1, -0.05) is 0 Å². The van der Waals surface area contributed by atoms with E-state index in [-0.39, 0.29) is 18.4 Å². The molecule has 1 saturated heterocycles. The van der Waals surface area contributed by atoms with Crippen LogP contribution in [0.5, 0.6) is 0 Å². The van der Waals surface area contributed by atoms with Crippen LogP contribution in [0.15, 0.2) is 24.3 Å². The van der Waals surface area contributed by atoms with E-state index in [2.05, 4.69) is 10.6 Å². The van der Waals surface area contributed by atoms with Crippen molar-refractivity contribution in [2.24, 2.45) is 0 Å². The number of amides is 2. The molecule has 1 fully saturated rings. The van der Waals surface area contributed by atoms with Gasteiger partial charge >= 0.3 is 0 Å². The number of morpholine rings is 1. The van der Waals surface area contributed by atoms with E-state index >= 15 is 0 Å². The van der Waals surface area contributed by atoms with E-state index in [4.69, 9.17) is 4.74 Å². The molecule has 0 spiro atoms. The first-order valence-corrected chi connectivity index (χ1v) is 6.62. The Balaban J connectivity index is 1.84. The van der Waals surface area contributed by atoms with E-state index in [0.717, 1.165) is 5.69 Å². The van der Waals surface area contributed by atoms with Crippen LogP contribution in [0.25, 0.3) is 0 Å². The number of hydrogen-bond donors (Lipinski definition) is 2. The van der Waals surface area contributed by atoms with E-state index < -0.39 is 0 Å². The molecule has 0 aromatic heterocycles. The third-order valence-electron chi connectivity index (χ3n) is 3.18. The molecule has 1 aliphatic heterocycles. The molecule has 0 aliphatic carbocycles. The van der Waals surface area contributed by atoms with E-state index in [1.54, 1.807) is 36.2 Å². The second-order valence-electron chi connectivity index (χ2n) is 4.50. The Bertz CT molecular complexity index is 467. The molecule has 2 amide bonds. The van der Waals surface area contributed by atoms with Crippen LogP contribution >= 0.6 is 0 Å². The summed E-state index contributed by atoms with van der Waals surface area (Å²) in [6.45, 7) is 2.75. The smallest absolute Gasteiger partial charge is 0.251 e. The van der Waals surface area contributed by atoms with E-state index in [1.807, 2.05) is 0 Å². The number of benzene rings is 1. The molecule has 1 aromatic rings. The van der Waals surface area contributed by atoms with Gasteiger partial charge in [0.2, 0.25) is 5.91 Å². The Kier molecular flexibility index (Phi) is 4.95. The van der Waals surface area contributed by atoms with Gasteiger partial charge in [0.25, 0.3) is 5.91 Å². The Morgan fingerprint density at radius 1 is 1.20 bits per heavy atom. The van der Waals surface area contributed by atoms with Crippen LogP contribution in [0.2, 0.25) is 0 Å². The van der Waals surface area contributed by atoms with Crippen molar-refractivity contribution in [3.8, 4) is 0 Å². The van der Waals surface area contributed by atoms with Crippen LogP contribution in [-0.2, 0) is 9.53 Å². The van der Waals surface area contributed by atoms with E-state index in [1.165, 1.54) is 0 Å². The lowest BCUT2D eigenvalue weighted by molar-refractivity contribution is -0.133. The molecule has 2 N–H and O–H groups in total. The van der Waals surface area contributed by atoms with Gasteiger partial charge in [0.05, 0.1) is 19.8 Å². The monoisotopic (exact) mass is 277 g/mol. The third kappa shape index (κ3) is 3.71. The first-order chi connectivity index (χ1) is 9.70. The Morgan fingerprint density at radius 2 is 1.85 bits per heavy atom. The highest BCUT2D eigenvalue weighted by Crippen LogP contribution is 2.09. The SMILES string of the molecule is CNC(=O)c1ccc(NCC(=O)N2CCOCC2)cc1. The maximum atomic E-state index is 11.9. The number of ether oxygens (including phenoxy) is 1. The number of nitrogens with one attached hydrogen (secondary N) is 2. The molecule has 108 valence electrons. The molecule has 2 rings (SSSR count). The minimum atomic E-state index is -0.124. The van der Waals surface area contributed by atoms with E-state index in [0.29, 0.717) is 31.9 Å². The lowest BCUT2D eigenvalue weighted by atomic mass is 10.2. The van der Waals surface area contributed by atoms with Crippen LogP contribution in [0.4, 0.5) is 5.69 Å². The number of hydrogen-bond acceptors (Lipinski definition) is 4. The summed E-state index contributed by atoms with van der Waals surface area (Å²) in [5, 5.41) is 5.62. The van der Waals surface area contributed by atoms with Crippen LogP contribution in [0, 0.1) is 0 Å². The summed E-state index contributed by atoms with van der Waals surface area (Å²) >= 11 is 0. The number of rotatable bonds is 4. The van der Waals surface area contributed by atoms with Crippen molar-refractivity contribution >= 4 is 17.5 Å². The molecule has 0 unspecified atom stereocenters. The number of carbonyl (C=O) groups is 2. The van der Waals surface area contributed by atoms with Crippen molar-refractivity contribution in [3.05, 3.63) is 29.8 Å². The van der Waals surface area contributed by atoms with Gasteiger partial charge in [0, 0.05) is 31.4 Å². The zero-order chi connectivity index (χ0) is 14.4. The highest BCUT2D eigenvalue weighted by Gasteiger charge is 2.16. The fraction of sp³-hybridized carbons (Fsp3) is 0.429. The molecule has 6 nitrogen and oxygen atoms in total. The minimum absolute atomic E-state index is 0.0590. The maximum Gasteiger partial charge on any atom is 0.251 e. The fourth-order valence-electron chi connectivity index (χ4n) is 1.99. The number of carbonyl (C=O) groups excluding carboxylic acids is 2. The minimum Gasteiger partial charge on any atom is -0.378 e. The summed E-state index contributed by atoms with van der Waals surface area (Å²) < 4.78 is 5.21. The standard InChI is InChI=1S/C14H19N3O3/c1-15-14(19)11-2-4-12(5-3-11)16-10-13(18)17-6-8-20-9-7-17/h2-5,16H,6-10H2,1H3,(H,15,19). The molecule has 0 saturated carbocycles. The van der Waals surface area contributed by atoms with Crippen molar-refractivity contribution in [1.29, 1.82) is 0 Å². The average molecular weight is 277 g/mol. The highest BCUT2D eigenvalue weighted by atomic mass is 16.5. The fourth-order valence-corrected chi connectivity index (χ4v) is 1.99. The lowest BCUT2D eigenvalue weighted by Crippen LogP contribution is -2.43. The van der Waals surface area contributed by atoms with Crippen molar-refractivity contribution in [2.45, 2.75) is 0 Å². The normalized spacial score (nSPS) is 14.8. The Labute approximate surface area is 118 Å².